The van der Waals surface area contributed by atoms with Crippen LogP contribution in [0.2, 0.25) is 0 Å². The molecule has 0 aliphatic heterocycles. The van der Waals surface area contributed by atoms with Gasteiger partial charge in [0.1, 0.15) is 9.84 Å². The van der Waals surface area contributed by atoms with Crippen LogP contribution in [0.25, 0.3) is 0 Å². The van der Waals surface area contributed by atoms with Crippen LogP contribution in [0.3, 0.4) is 0 Å². The average Bonchev–Trinajstić information content (AvgIpc) is 2.38. The number of sulfone groups is 1. The normalized spacial score (nSPS) is 15.7. The smallest absolute Gasteiger partial charge is 0.148 e. The zero-order valence-electron chi connectivity index (χ0n) is 13.3. The lowest BCUT2D eigenvalue weighted by Gasteiger charge is -2.34. The first-order valence-electron chi connectivity index (χ1n) is 7.22. The van der Waals surface area contributed by atoms with Crippen molar-refractivity contribution in [2.24, 2.45) is 5.41 Å². The van der Waals surface area contributed by atoms with Gasteiger partial charge in [-0.05, 0) is 17.9 Å². The van der Waals surface area contributed by atoms with Gasteiger partial charge in [0.2, 0.25) is 0 Å². The number of rotatable bonds is 8. The van der Waals surface area contributed by atoms with E-state index in [2.05, 4.69) is 5.32 Å². The predicted molar refractivity (Wildman–Crippen MR) is 87.2 cm³/mol. The Morgan fingerprint density at radius 2 is 1.81 bits per heavy atom. The highest BCUT2D eigenvalue weighted by molar-refractivity contribution is 7.90. The Morgan fingerprint density at radius 3 is 2.29 bits per heavy atom. The number of hydrogen-bond donors (Lipinski definition) is 2. The molecule has 5 heteroatoms. The number of hydrogen-bond acceptors (Lipinski definition) is 4. The second-order valence-electron chi connectivity index (χ2n) is 6.51. The van der Waals surface area contributed by atoms with Crippen molar-refractivity contribution in [2.45, 2.75) is 32.7 Å². The molecule has 1 aromatic rings. The number of aliphatic hydroxyl groups is 1. The minimum atomic E-state index is -2.99. The summed E-state index contributed by atoms with van der Waals surface area (Å²) in [6, 6.07) is 9.91. The lowest BCUT2D eigenvalue weighted by Crippen LogP contribution is -2.40. The van der Waals surface area contributed by atoms with Crippen LogP contribution < -0.4 is 5.32 Å². The quantitative estimate of drug-likeness (QED) is 0.768. The van der Waals surface area contributed by atoms with Crippen LogP contribution in [0.1, 0.15) is 32.3 Å². The maximum absolute atomic E-state index is 11.3. The summed E-state index contributed by atoms with van der Waals surface area (Å²) in [7, 11) is -2.99. The van der Waals surface area contributed by atoms with E-state index in [0.717, 1.165) is 5.56 Å². The topological polar surface area (TPSA) is 66.4 Å². The van der Waals surface area contributed by atoms with Gasteiger partial charge >= 0.3 is 0 Å². The molecule has 21 heavy (non-hydrogen) atoms. The van der Waals surface area contributed by atoms with Crippen molar-refractivity contribution in [3.63, 3.8) is 0 Å². The average molecular weight is 313 g/mol. The van der Waals surface area contributed by atoms with Gasteiger partial charge in [-0.1, -0.05) is 44.2 Å². The van der Waals surface area contributed by atoms with E-state index >= 15 is 0 Å². The molecule has 1 aromatic carbocycles. The first-order chi connectivity index (χ1) is 9.65. The third-order valence-corrected chi connectivity index (χ3v) is 4.88. The van der Waals surface area contributed by atoms with E-state index in [1.54, 1.807) is 0 Å². The number of aliphatic hydroxyl groups excluding tert-OH is 1. The molecule has 4 nitrogen and oxygen atoms in total. The molecule has 2 N–H and O–H groups in total. The second kappa shape index (κ2) is 7.38. The molecule has 0 radical (unpaired) electrons. The Hall–Kier alpha value is -0.910. The molecule has 120 valence electrons. The number of nitrogens with one attached hydrogen (secondary N) is 1. The first-order valence-corrected chi connectivity index (χ1v) is 9.28. The molecular formula is C16H27NO3S. The zero-order chi connectivity index (χ0) is 16.1. The highest BCUT2D eigenvalue weighted by Crippen LogP contribution is 2.34. The molecular weight excluding hydrogens is 286 g/mol. The Kier molecular flexibility index (Phi) is 6.38. The van der Waals surface area contributed by atoms with Crippen molar-refractivity contribution in [2.75, 3.05) is 25.2 Å². The van der Waals surface area contributed by atoms with Crippen LogP contribution >= 0.6 is 0 Å². The van der Waals surface area contributed by atoms with Crippen LogP contribution in [0.5, 0.6) is 0 Å². The van der Waals surface area contributed by atoms with E-state index in [1.165, 1.54) is 6.26 Å². The first kappa shape index (κ1) is 18.1. The van der Waals surface area contributed by atoms with Gasteiger partial charge in [-0.3, -0.25) is 0 Å². The largest absolute Gasteiger partial charge is 0.396 e. The van der Waals surface area contributed by atoms with Crippen LogP contribution in [0, 0.1) is 5.41 Å². The van der Waals surface area contributed by atoms with E-state index in [9.17, 15) is 13.5 Å². The summed E-state index contributed by atoms with van der Waals surface area (Å²) in [6.45, 7) is 6.62. The van der Waals surface area contributed by atoms with Gasteiger partial charge in [0.15, 0.2) is 0 Å². The molecule has 0 aromatic heterocycles. The molecule has 0 amide bonds. The van der Waals surface area contributed by atoms with E-state index < -0.39 is 9.84 Å². The van der Waals surface area contributed by atoms with Gasteiger partial charge in [-0.25, -0.2) is 8.42 Å². The summed E-state index contributed by atoms with van der Waals surface area (Å²) in [5, 5.41) is 12.9. The highest BCUT2D eigenvalue weighted by atomic mass is 32.2. The lowest BCUT2D eigenvalue weighted by atomic mass is 9.75. The molecule has 0 heterocycles. The SMILES string of the molecule is CC(CS(C)(=O)=O)NCC(c1ccccc1)C(C)(C)CO. The van der Waals surface area contributed by atoms with Crippen molar-refractivity contribution in [1.82, 2.24) is 5.32 Å². The Bertz CT molecular complexity index is 526. The molecule has 2 unspecified atom stereocenters. The third kappa shape index (κ3) is 6.16. The summed E-state index contributed by atoms with van der Waals surface area (Å²) >= 11 is 0. The minimum Gasteiger partial charge on any atom is -0.396 e. The number of benzene rings is 1. The molecule has 0 aliphatic carbocycles. The molecule has 0 aliphatic rings. The summed E-state index contributed by atoms with van der Waals surface area (Å²) in [6.07, 6.45) is 1.25. The summed E-state index contributed by atoms with van der Waals surface area (Å²) in [5.74, 6) is 0.236. The van der Waals surface area contributed by atoms with Gasteiger partial charge < -0.3 is 10.4 Å². The fourth-order valence-corrected chi connectivity index (χ4v) is 3.50. The zero-order valence-corrected chi connectivity index (χ0v) is 14.2. The predicted octanol–water partition coefficient (Wildman–Crippen LogP) is 1.81. The van der Waals surface area contributed by atoms with Crippen LogP contribution in [0.15, 0.2) is 30.3 Å². The third-order valence-electron chi connectivity index (χ3n) is 3.78. The Labute approximate surface area is 128 Å². The molecule has 0 saturated carbocycles. The molecule has 0 spiro atoms. The molecule has 1 rings (SSSR count). The lowest BCUT2D eigenvalue weighted by molar-refractivity contribution is 0.128. The van der Waals surface area contributed by atoms with Crippen molar-refractivity contribution in [3.8, 4) is 0 Å². The summed E-state index contributed by atoms with van der Waals surface area (Å²) in [4.78, 5) is 0. The van der Waals surface area contributed by atoms with Crippen LogP contribution in [-0.2, 0) is 9.84 Å². The van der Waals surface area contributed by atoms with Gasteiger partial charge in [0.05, 0.1) is 5.75 Å². The van der Waals surface area contributed by atoms with E-state index in [1.807, 2.05) is 51.1 Å². The molecule has 0 saturated heterocycles. The molecule has 2 atom stereocenters. The van der Waals surface area contributed by atoms with Gasteiger partial charge in [0, 0.05) is 31.4 Å². The second-order valence-corrected chi connectivity index (χ2v) is 8.70. The van der Waals surface area contributed by atoms with Gasteiger partial charge in [-0.15, -0.1) is 0 Å². The highest BCUT2D eigenvalue weighted by Gasteiger charge is 2.30. The minimum absolute atomic E-state index is 0.0781. The monoisotopic (exact) mass is 313 g/mol. The fourth-order valence-electron chi connectivity index (χ4n) is 2.47. The van der Waals surface area contributed by atoms with Crippen molar-refractivity contribution in [3.05, 3.63) is 35.9 Å². The Morgan fingerprint density at radius 1 is 1.24 bits per heavy atom. The standard InChI is InChI=1S/C16H27NO3S/c1-13(11-21(4,19)20)17-10-15(16(2,3)12-18)14-8-6-5-7-9-14/h5-9,13,15,17-18H,10-12H2,1-4H3. The maximum atomic E-state index is 11.3. The summed E-state index contributed by atoms with van der Waals surface area (Å²) < 4.78 is 22.7. The van der Waals surface area contributed by atoms with Crippen molar-refractivity contribution < 1.29 is 13.5 Å². The van der Waals surface area contributed by atoms with Crippen LogP contribution in [0.4, 0.5) is 0 Å². The Balaban J connectivity index is 2.81. The summed E-state index contributed by atoms with van der Waals surface area (Å²) in [5.41, 5.74) is 0.870. The fraction of sp³-hybridized carbons (Fsp3) is 0.625. The van der Waals surface area contributed by atoms with E-state index in [-0.39, 0.29) is 29.7 Å². The van der Waals surface area contributed by atoms with E-state index in [0.29, 0.717) is 6.54 Å². The van der Waals surface area contributed by atoms with Gasteiger partial charge in [0.25, 0.3) is 0 Å². The van der Waals surface area contributed by atoms with E-state index in [4.69, 9.17) is 0 Å². The maximum Gasteiger partial charge on any atom is 0.148 e. The van der Waals surface area contributed by atoms with Crippen molar-refractivity contribution in [1.29, 1.82) is 0 Å². The molecule has 0 bridgehead atoms. The van der Waals surface area contributed by atoms with Crippen molar-refractivity contribution >= 4 is 9.84 Å². The van der Waals surface area contributed by atoms with Crippen LogP contribution in [-0.4, -0.2) is 44.7 Å². The van der Waals surface area contributed by atoms with Gasteiger partial charge in [-0.2, -0.15) is 0 Å². The molecule has 0 fully saturated rings.